The van der Waals surface area contributed by atoms with Gasteiger partial charge in [0.25, 0.3) is 0 Å². The Hall–Kier alpha value is -1.13. The van der Waals surface area contributed by atoms with Crippen molar-refractivity contribution in [2.24, 2.45) is 0 Å². The molecular formula is C13H19FN2O. The molecule has 3 nitrogen and oxygen atoms in total. The molecule has 0 spiro atoms. The van der Waals surface area contributed by atoms with Crippen LogP contribution in [0, 0.1) is 12.7 Å². The van der Waals surface area contributed by atoms with E-state index in [-0.39, 0.29) is 5.82 Å². The molecule has 1 aliphatic heterocycles. The molecule has 1 N–H and O–H groups in total. The van der Waals surface area contributed by atoms with E-state index in [1.165, 1.54) is 6.07 Å². The number of ether oxygens (including phenoxy) is 1. The summed E-state index contributed by atoms with van der Waals surface area (Å²) < 4.78 is 18.3. The minimum Gasteiger partial charge on any atom is -0.383 e. The van der Waals surface area contributed by atoms with Crippen molar-refractivity contribution in [1.29, 1.82) is 0 Å². The van der Waals surface area contributed by atoms with Crippen LogP contribution < -0.4 is 5.32 Å². The van der Waals surface area contributed by atoms with E-state index in [2.05, 4.69) is 10.2 Å². The van der Waals surface area contributed by atoms with Crippen molar-refractivity contribution in [1.82, 2.24) is 4.90 Å². The first-order valence-corrected chi connectivity index (χ1v) is 6.06. The highest BCUT2D eigenvalue weighted by Gasteiger charge is 2.09. The van der Waals surface area contributed by atoms with Gasteiger partial charge in [0.05, 0.1) is 13.2 Å². The number of hydrogen-bond acceptors (Lipinski definition) is 3. The fraction of sp³-hybridized carbons (Fsp3) is 0.538. The zero-order chi connectivity index (χ0) is 12.1. The highest BCUT2D eigenvalue weighted by Crippen LogP contribution is 2.15. The van der Waals surface area contributed by atoms with Crippen molar-refractivity contribution in [2.75, 3.05) is 44.7 Å². The summed E-state index contributed by atoms with van der Waals surface area (Å²) in [4.78, 5) is 2.35. The molecule has 1 heterocycles. The Morgan fingerprint density at radius 2 is 2.12 bits per heavy atom. The average Bonchev–Trinajstić information content (AvgIpc) is 2.35. The second kappa shape index (κ2) is 5.98. The van der Waals surface area contributed by atoms with Crippen LogP contribution >= 0.6 is 0 Å². The maximum atomic E-state index is 13.1. The second-order valence-corrected chi connectivity index (χ2v) is 4.34. The summed E-state index contributed by atoms with van der Waals surface area (Å²) in [6.45, 7) is 7.41. The third-order valence-electron chi connectivity index (χ3n) is 3.05. The molecule has 1 saturated heterocycles. The molecule has 0 atom stereocenters. The topological polar surface area (TPSA) is 24.5 Å². The number of anilines is 1. The summed E-state index contributed by atoms with van der Waals surface area (Å²) in [7, 11) is 0. The number of rotatable bonds is 4. The van der Waals surface area contributed by atoms with Crippen molar-refractivity contribution < 1.29 is 9.13 Å². The molecule has 1 fully saturated rings. The van der Waals surface area contributed by atoms with Gasteiger partial charge in [0, 0.05) is 31.9 Å². The summed E-state index contributed by atoms with van der Waals surface area (Å²) in [5.41, 5.74) is 1.96. The maximum Gasteiger partial charge on any atom is 0.125 e. The van der Waals surface area contributed by atoms with Crippen LogP contribution in [-0.4, -0.2) is 44.3 Å². The molecule has 1 aromatic carbocycles. The zero-order valence-electron chi connectivity index (χ0n) is 10.2. The first-order valence-electron chi connectivity index (χ1n) is 6.06. The van der Waals surface area contributed by atoms with E-state index in [0.717, 1.165) is 50.6 Å². The number of aryl methyl sites for hydroxylation is 1. The smallest absolute Gasteiger partial charge is 0.125 e. The maximum absolute atomic E-state index is 13.1. The molecule has 0 aliphatic carbocycles. The van der Waals surface area contributed by atoms with E-state index in [1.54, 1.807) is 12.1 Å². The lowest BCUT2D eigenvalue weighted by Crippen LogP contribution is -2.39. The Labute approximate surface area is 102 Å². The fourth-order valence-electron chi connectivity index (χ4n) is 1.96. The second-order valence-electron chi connectivity index (χ2n) is 4.34. The predicted octanol–water partition coefficient (Wildman–Crippen LogP) is 1.88. The van der Waals surface area contributed by atoms with Gasteiger partial charge in [-0.05, 0) is 24.6 Å². The van der Waals surface area contributed by atoms with Crippen molar-refractivity contribution in [3.05, 3.63) is 29.6 Å². The van der Waals surface area contributed by atoms with Crippen LogP contribution in [0.1, 0.15) is 5.56 Å². The van der Waals surface area contributed by atoms with Crippen LogP contribution in [0.2, 0.25) is 0 Å². The lowest BCUT2D eigenvalue weighted by molar-refractivity contribution is 0.0398. The Balaban J connectivity index is 1.79. The lowest BCUT2D eigenvalue weighted by atomic mass is 10.2. The highest BCUT2D eigenvalue weighted by molar-refractivity contribution is 5.50. The molecule has 94 valence electrons. The molecule has 0 radical (unpaired) electrons. The lowest BCUT2D eigenvalue weighted by Gasteiger charge is -2.26. The van der Waals surface area contributed by atoms with E-state index in [9.17, 15) is 4.39 Å². The average molecular weight is 238 g/mol. The van der Waals surface area contributed by atoms with Gasteiger partial charge < -0.3 is 10.1 Å². The SMILES string of the molecule is Cc1ccc(F)cc1NCCN1CCOCC1. The largest absolute Gasteiger partial charge is 0.383 e. The van der Waals surface area contributed by atoms with Crippen molar-refractivity contribution in [3.8, 4) is 0 Å². The van der Waals surface area contributed by atoms with Crippen LogP contribution in [-0.2, 0) is 4.74 Å². The minimum absolute atomic E-state index is 0.190. The quantitative estimate of drug-likeness (QED) is 0.866. The monoisotopic (exact) mass is 238 g/mol. The summed E-state index contributed by atoms with van der Waals surface area (Å²) in [6.07, 6.45) is 0. The van der Waals surface area contributed by atoms with Gasteiger partial charge >= 0.3 is 0 Å². The Morgan fingerprint density at radius 1 is 1.35 bits per heavy atom. The molecule has 0 bridgehead atoms. The van der Waals surface area contributed by atoms with Crippen molar-refractivity contribution in [2.45, 2.75) is 6.92 Å². The molecule has 0 amide bonds. The molecule has 1 aliphatic rings. The van der Waals surface area contributed by atoms with Crippen LogP contribution in [0.4, 0.5) is 10.1 Å². The third kappa shape index (κ3) is 3.68. The van der Waals surface area contributed by atoms with E-state index in [0.29, 0.717) is 0 Å². The van der Waals surface area contributed by atoms with Gasteiger partial charge in [-0.1, -0.05) is 6.07 Å². The number of benzene rings is 1. The van der Waals surface area contributed by atoms with Gasteiger partial charge in [0.1, 0.15) is 5.82 Å². The Bertz CT molecular complexity index is 364. The molecule has 0 aromatic heterocycles. The fourth-order valence-corrected chi connectivity index (χ4v) is 1.96. The Kier molecular flexibility index (Phi) is 4.34. The first-order chi connectivity index (χ1) is 8.25. The number of morpholine rings is 1. The summed E-state index contributed by atoms with van der Waals surface area (Å²) in [6, 6.07) is 4.84. The number of halogens is 1. The Morgan fingerprint density at radius 3 is 2.88 bits per heavy atom. The number of nitrogens with one attached hydrogen (secondary N) is 1. The van der Waals surface area contributed by atoms with Gasteiger partial charge in [-0.3, -0.25) is 4.90 Å². The van der Waals surface area contributed by atoms with Crippen molar-refractivity contribution >= 4 is 5.69 Å². The van der Waals surface area contributed by atoms with E-state index >= 15 is 0 Å². The van der Waals surface area contributed by atoms with Crippen LogP contribution in [0.3, 0.4) is 0 Å². The molecule has 0 unspecified atom stereocenters. The van der Waals surface area contributed by atoms with Crippen LogP contribution in [0.5, 0.6) is 0 Å². The van der Waals surface area contributed by atoms with E-state index in [1.807, 2.05) is 6.92 Å². The van der Waals surface area contributed by atoms with Crippen LogP contribution in [0.25, 0.3) is 0 Å². The molecule has 2 rings (SSSR count). The molecular weight excluding hydrogens is 219 g/mol. The van der Waals surface area contributed by atoms with E-state index < -0.39 is 0 Å². The summed E-state index contributed by atoms with van der Waals surface area (Å²) in [5.74, 6) is -0.190. The first kappa shape index (κ1) is 12.3. The minimum atomic E-state index is -0.190. The standard InChI is InChI=1S/C13H19FN2O/c1-11-2-3-12(14)10-13(11)15-4-5-16-6-8-17-9-7-16/h2-3,10,15H,4-9H2,1H3. The number of nitrogens with zero attached hydrogens (tertiary/aromatic N) is 1. The van der Waals surface area contributed by atoms with Gasteiger partial charge in [-0.15, -0.1) is 0 Å². The zero-order valence-corrected chi connectivity index (χ0v) is 10.2. The summed E-state index contributed by atoms with van der Waals surface area (Å²) >= 11 is 0. The van der Waals surface area contributed by atoms with Crippen LogP contribution in [0.15, 0.2) is 18.2 Å². The van der Waals surface area contributed by atoms with Gasteiger partial charge in [0.2, 0.25) is 0 Å². The van der Waals surface area contributed by atoms with Gasteiger partial charge in [0.15, 0.2) is 0 Å². The third-order valence-corrected chi connectivity index (χ3v) is 3.05. The molecule has 0 saturated carbocycles. The molecule has 17 heavy (non-hydrogen) atoms. The number of hydrogen-bond donors (Lipinski definition) is 1. The van der Waals surface area contributed by atoms with E-state index in [4.69, 9.17) is 4.74 Å². The molecule has 1 aromatic rings. The summed E-state index contributed by atoms with van der Waals surface area (Å²) in [5, 5.41) is 3.28. The van der Waals surface area contributed by atoms with Gasteiger partial charge in [-0.2, -0.15) is 0 Å². The normalized spacial score (nSPS) is 17.1. The highest BCUT2D eigenvalue weighted by atomic mass is 19.1. The van der Waals surface area contributed by atoms with Crippen molar-refractivity contribution in [3.63, 3.8) is 0 Å². The predicted molar refractivity (Wildman–Crippen MR) is 66.9 cm³/mol. The van der Waals surface area contributed by atoms with Gasteiger partial charge in [-0.25, -0.2) is 4.39 Å². The molecule has 4 heteroatoms.